The lowest BCUT2D eigenvalue weighted by molar-refractivity contribution is 0.400. The van der Waals surface area contributed by atoms with Crippen molar-refractivity contribution in [2.24, 2.45) is 0 Å². The lowest BCUT2D eigenvalue weighted by atomic mass is 9.95. The van der Waals surface area contributed by atoms with Crippen LogP contribution in [0.3, 0.4) is 0 Å². The molecule has 90 valence electrons. The number of piperidine rings is 1. The van der Waals surface area contributed by atoms with Gasteiger partial charge < -0.3 is 5.32 Å². The van der Waals surface area contributed by atoms with Crippen LogP contribution in [-0.2, 0) is 6.42 Å². The van der Waals surface area contributed by atoms with Crippen LogP contribution in [0.5, 0.6) is 0 Å². The largest absolute Gasteiger partial charge is 0.314 e. The lowest BCUT2D eigenvalue weighted by Gasteiger charge is -2.23. The molecule has 0 spiro atoms. The quantitative estimate of drug-likeness (QED) is 0.831. The summed E-state index contributed by atoms with van der Waals surface area (Å²) in [6.45, 7) is 3.28. The minimum Gasteiger partial charge on any atom is -0.314 e. The highest BCUT2D eigenvalue weighted by Crippen LogP contribution is 2.23. The van der Waals surface area contributed by atoms with Gasteiger partial charge in [0.05, 0.1) is 5.52 Å². The Hall–Kier alpha value is -1.35. The van der Waals surface area contributed by atoms with Gasteiger partial charge in [0.1, 0.15) is 0 Å². The van der Waals surface area contributed by atoms with Gasteiger partial charge >= 0.3 is 0 Å². The molecule has 0 saturated carbocycles. The monoisotopic (exact) mass is 229 g/mol. The Morgan fingerprint density at radius 2 is 2.29 bits per heavy atom. The molecule has 1 fully saturated rings. The van der Waals surface area contributed by atoms with E-state index in [0.717, 1.165) is 11.9 Å². The van der Waals surface area contributed by atoms with E-state index in [4.69, 9.17) is 0 Å². The number of benzene rings is 1. The van der Waals surface area contributed by atoms with Gasteiger partial charge in [0.2, 0.25) is 0 Å². The molecule has 17 heavy (non-hydrogen) atoms. The second kappa shape index (κ2) is 4.49. The molecule has 1 aromatic carbocycles. The van der Waals surface area contributed by atoms with Crippen molar-refractivity contribution < 1.29 is 0 Å². The normalized spacial score (nSPS) is 20.9. The number of aromatic nitrogens is 2. The van der Waals surface area contributed by atoms with Crippen molar-refractivity contribution in [3.8, 4) is 0 Å². The molecule has 1 aromatic heterocycles. The molecule has 3 rings (SSSR count). The molecule has 0 amide bonds. The average Bonchev–Trinajstić information content (AvgIpc) is 2.74. The lowest BCUT2D eigenvalue weighted by Crippen LogP contribution is -2.35. The van der Waals surface area contributed by atoms with Gasteiger partial charge in [0, 0.05) is 17.1 Å². The van der Waals surface area contributed by atoms with Gasteiger partial charge in [0.25, 0.3) is 0 Å². The first kappa shape index (κ1) is 10.8. The number of aryl methyl sites for hydroxylation is 1. The maximum absolute atomic E-state index is 4.33. The van der Waals surface area contributed by atoms with E-state index in [1.165, 1.54) is 42.5 Å². The molecular formula is C14H19N3. The molecular weight excluding hydrogens is 210 g/mol. The highest BCUT2D eigenvalue weighted by Gasteiger charge is 2.15. The summed E-state index contributed by atoms with van der Waals surface area (Å²) in [7, 11) is 0. The Balaban J connectivity index is 1.91. The minimum absolute atomic E-state index is 0.642. The third kappa shape index (κ3) is 2.07. The Morgan fingerprint density at radius 3 is 3.12 bits per heavy atom. The van der Waals surface area contributed by atoms with Crippen molar-refractivity contribution >= 4 is 10.9 Å². The van der Waals surface area contributed by atoms with E-state index in [0.29, 0.717) is 6.04 Å². The van der Waals surface area contributed by atoms with Crippen LogP contribution < -0.4 is 5.32 Å². The second-order valence-corrected chi connectivity index (χ2v) is 5.01. The molecule has 1 aliphatic heterocycles. The number of rotatable bonds is 2. The SMILES string of the molecule is Cc1[nH]nc2cccc(CC3CCCCN3)c12. The zero-order valence-corrected chi connectivity index (χ0v) is 10.3. The van der Waals surface area contributed by atoms with Crippen LogP contribution >= 0.6 is 0 Å². The predicted molar refractivity (Wildman–Crippen MR) is 70.2 cm³/mol. The number of aromatic amines is 1. The summed E-state index contributed by atoms with van der Waals surface area (Å²) in [5.74, 6) is 0. The van der Waals surface area contributed by atoms with Crippen molar-refractivity contribution in [3.05, 3.63) is 29.5 Å². The number of nitrogens with zero attached hydrogens (tertiary/aromatic N) is 1. The molecule has 1 aliphatic rings. The third-order valence-corrected chi connectivity index (χ3v) is 3.73. The van der Waals surface area contributed by atoms with Crippen LogP contribution in [0.4, 0.5) is 0 Å². The van der Waals surface area contributed by atoms with Crippen molar-refractivity contribution in [1.82, 2.24) is 15.5 Å². The molecule has 1 atom stereocenters. The average molecular weight is 229 g/mol. The van der Waals surface area contributed by atoms with Crippen molar-refractivity contribution in [2.75, 3.05) is 6.54 Å². The summed E-state index contributed by atoms with van der Waals surface area (Å²) in [4.78, 5) is 0. The first-order valence-electron chi connectivity index (χ1n) is 6.50. The fraction of sp³-hybridized carbons (Fsp3) is 0.500. The van der Waals surface area contributed by atoms with Crippen LogP contribution in [0, 0.1) is 6.92 Å². The van der Waals surface area contributed by atoms with E-state index in [9.17, 15) is 0 Å². The second-order valence-electron chi connectivity index (χ2n) is 5.01. The molecule has 0 aliphatic carbocycles. The van der Waals surface area contributed by atoms with Crippen LogP contribution in [0.2, 0.25) is 0 Å². The van der Waals surface area contributed by atoms with Crippen molar-refractivity contribution in [3.63, 3.8) is 0 Å². The van der Waals surface area contributed by atoms with Gasteiger partial charge in [-0.25, -0.2) is 0 Å². The van der Waals surface area contributed by atoms with Crippen LogP contribution in [-0.4, -0.2) is 22.8 Å². The van der Waals surface area contributed by atoms with E-state index in [1.54, 1.807) is 0 Å². The maximum Gasteiger partial charge on any atom is 0.0926 e. The first-order valence-corrected chi connectivity index (χ1v) is 6.50. The van der Waals surface area contributed by atoms with Crippen LogP contribution in [0.1, 0.15) is 30.5 Å². The Labute approximate surface area is 102 Å². The van der Waals surface area contributed by atoms with Gasteiger partial charge in [-0.3, -0.25) is 5.10 Å². The molecule has 2 heterocycles. The molecule has 2 N–H and O–H groups in total. The third-order valence-electron chi connectivity index (χ3n) is 3.73. The van der Waals surface area contributed by atoms with E-state index in [-0.39, 0.29) is 0 Å². The number of H-pyrrole nitrogens is 1. The van der Waals surface area contributed by atoms with Gasteiger partial charge in [-0.05, 0) is 44.4 Å². The standard InChI is InChI=1S/C14H19N3/c1-10-14-11(5-4-7-13(14)17-16-10)9-12-6-2-3-8-15-12/h4-5,7,12,15H,2-3,6,8-9H2,1H3,(H,16,17). The fourth-order valence-electron chi connectivity index (χ4n) is 2.85. The summed E-state index contributed by atoms with van der Waals surface area (Å²) in [6, 6.07) is 7.07. The first-order chi connectivity index (χ1) is 8.34. The van der Waals surface area contributed by atoms with E-state index >= 15 is 0 Å². The molecule has 0 radical (unpaired) electrons. The molecule has 1 saturated heterocycles. The van der Waals surface area contributed by atoms with E-state index < -0.39 is 0 Å². The van der Waals surface area contributed by atoms with E-state index in [1.807, 2.05) is 0 Å². The molecule has 3 heteroatoms. The highest BCUT2D eigenvalue weighted by atomic mass is 15.1. The van der Waals surface area contributed by atoms with Crippen molar-refractivity contribution in [2.45, 2.75) is 38.6 Å². The highest BCUT2D eigenvalue weighted by molar-refractivity contribution is 5.84. The summed E-state index contributed by atoms with van der Waals surface area (Å²) < 4.78 is 0. The Morgan fingerprint density at radius 1 is 1.35 bits per heavy atom. The minimum atomic E-state index is 0.642. The van der Waals surface area contributed by atoms with Gasteiger partial charge in [0.15, 0.2) is 0 Å². The maximum atomic E-state index is 4.33. The number of fused-ring (bicyclic) bond motifs is 1. The fourth-order valence-corrected chi connectivity index (χ4v) is 2.85. The Kier molecular flexibility index (Phi) is 2.85. The summed E-state index contributed by atoms with van der Waals surface area (Å²) in [5.41, 5.74) is 3.70. The van der Waals surface area contributed by atoms with Crippen molar-refractivity contribution in [1.29, 1.82) is 0 Å². The summed E-state index contributed by atoms with van der Waals surface area (Å²) >= 11 is 0. The molecule has 0 bridgehead atoms. The van der Waals surface area contributed by atoms with E-state index in [2.05, 4.69) is 40.6 Å². The van der Waals surface area contributed by atoms with Gasteiger partial charge in [-0.1, -0.05) is 18.6 Å². The predicted octanol–water partition coefficient (Wildman–Crippen LogP) is 2.56. The van der Waals surface area contributed by atoms with Gasteiger partial charge in [-0.2, -0.15) is 5.10 Å². The summed E-state index contributed by atoms with van der Waals surface area (Å²) in [6.07, 6.45) is 5.11. The zero-order valence-electron chi connectivity index (χ0n) is 10.3. The molecule has 1 unspecified atom stereocenters. The van der Waals surface area contributed by atoms with Crippen LogP contribution in [0.15, 0.2) is 18.2 Å². The van der Waals surface area contributed by atoms with Gasteiger partial charge in [-0.15, -0.1) is 0 Å². The smallest absolute Gasteiger partial charge is 0.0926 e. The zero-order chi connectivity index (χ0) is 11.7. The molecule has 3 nitrogen and oxygen atoms in total. The summed E-state index contributed by atoms with van der Waals surface area (Å²) in [5, 5.41) is 12.3. The molecule has 2 aromatic rings. The number of hydrogen-bond acceptors (Lipinski definition) is 2. The number of hydrogen-bond donors (Lipinski definition) is 2. The topological polar surface area (TPSA) is 40.7 Å². The Bertz CT molecular complexity index is 509. The van der Waals surface area contributed by atoms with Crippen LogP contribution in [0.25, 0.3) is 10.9 Å². The number of nitrogens with one attached hydrogen (secondary N) is 2.